The fraction of sp³-hybridized carbons (Fsp3) is 0.300. The van der Waals surface area contributed by atoms with Gasteiger partial charge in [0.15, 0.2) is 12.3 Å². The van der Waals surface area contributed by atoms with E-state index in [0.717, 1.165) is 35.2 Å². The molecular formula is C30H33N2O3S+. The number of aliphatic hydroxyl groups excluding tert-OH is 2. The van der Waals surface area contributed by atoms with Gasteiger partial charge in [0.05, 0.1) is 12.3 Å². The Morgan fingerprint density at radius 1 is 1.06 bits per heavy atom. The summed E-state index contributed by atoms with van der Waals surface area (Å²) in [7, 11) is 0. The molecular weight excluding hydrogens is 468 g/mol. The van der Waals surface area contributed by atoms with E-state index in [-0.39, 0.29) is 18.6 Å². The number of hydrogen-bond donors (Lipinski definition) is 2. The lowest BCUT2D eigenvalue weighted by Gasteiger charge is -2.30. The predicted octanol–water partition coefficient (Wildman–Crippen LogP) is 5.60. The van der Waals surface area contributed by atoms with Crippen LogP contribution in [-0.2, 0) is 6.54 Å². The lowest BCUT2D eigenvalue weighted by atomic mass is 9.75. The first-order chi connectivity index (χ1) is 17.5. The molecule has 1 aliphatic carbocycles. The molecule has 2 N–H and O–H groups in total. The number of rotatable bonds is 7. The van der Waals surface area contributed by atoms with Crippen molar-refractivity contribution in [3.63, 3.8) is 0 Å². The molecule has 0 saturated heterocycles. The quantitative estimate of drug-likeness (QED) is 0.414. The van der Waals surface area contributed by atoms with Crippen molar-refractivity contribution in [3.05, 3.63) is 94.9 Å². The van der Waals surface area contributed by atoms with Crippen LogP contribution >= 0.6 is 11.3 Å². The molecule has 0 saturated carbocycles. The number of nitrogens with zero attached hydrogens (tertiary/aromatic N) is 2. The Hall–Kier alpha value is -3.19. The van der Waals surface area contributed by atoms with Crippen LogP contribution in [-0.4, -0.2) is 30.0 Å². The largest absolute Gasteiger partial charge is 0.439 e. The van der Waals surface area contributed by atoms with E-state index in [0.29, 0.717) is 13.1 Å². The van der Waals surface area contributed by atoms with Crippen molar-refractivity contribution in [1.29, 1.82) is 0 Å². The Kier molecular flexibility index (Phi) is 7.10. The van der Waals surface area contributed by atoms with Crippen molar-refractivity contribution in [3.8, 4) is 5.75 Å². The molecule has 2 aliphatic rings. The average Bonchev–Trinajstić information content (AvgIpc) is 3.37. The van der Waals surface area contributed by atoms with Crippen LogP contribution in [0.1, 0.15) is 31.7 Å². The van der Waals surface area contributed by atoms with Gasteiger partial charge in [-0.15, -0.1) is 0 Å². The zero-order chi connectivity index (χ0) is 25.1. The number of allylic oxidation sites excluding steroid dienone is 6. The molecule has 1 aromatic heterocycles. The minimum Gasteiger partial charge on any atom is -0.439 e. The Labute approximate surface area is 216 Å². The summed E-state index contributed by atoms with van der Waals surface area (Å²) in [5, 5.41) is 20.4. The Bertz CT molecular complexity index is 1380. The smallest absolute Gasteiger partial charge is 0.263 e. The van der Waals surface area contributed by atoms with Crippen LogP contribution in [0, 0.1) is 5.41 Å². The number of aromatic nitrogens is 1. The first-order valence-corrected chi connectivity index (χ1v) is 13.3. The van der Waals surface area contributed by atoms with E-state index < -0.39 is 0 Å². The van der Waals surface area contributed by atoms with Gasteiger partial charge in [0.1, 0.15) is 11.3 Å². The summed E-state index contributed by atoms with van der Waals surface area (Å²) < 4.78 is 9.49. The maximum atomic E-state index is 9.66. The van der Waals surface area contributed by atoms with Crippen LogP contribution < -0.4 is 14.2 Å². The van der Waals surface area contributed by atoms with Gasteiger partial charge in [0.25, 0.3) is 5.01 Å². The van der Waals surface area contributed by atoms with Crippen molar-refractivity contribution in [2.24, 2.45) is 5.41 Å². The Morgan fingerprint density at radius 3 is 2.69 bits per heavy atom. The summed E-state index contributed by atoms with van der Waals surface area (Å²) in [5.41, 5.74) is 4.86. The fourth-order valence-electron chi connectivity index (χ4n) is 5.12. The third-order valence-electron chi connectivity index (χ3n) is 6.51. The molecule has 3 aromatic rings. The summed E-state index contributed by atoms with van der Waals surface area (Å²) in [6, 6.07) is 16.3. The topological polar surface area (TPSA) is 56.8 Å². The van der Waals surface area contributed by atoms with Crippen LogP contribution in [0.2, 0.25) is 0 Å². The average molecular weight is 502 g/mol. The Balaban J connectivity index is 1.43. The summed E-state index contributed by atoms with van der Waals surface area (Å²) in [4.78, 5) is 2.01. The molecule has 0 amide bonds. The summed E-state index contributed by atoms with van der Waals surface area (Å²) in [5.74, 6) is 1.54. The zero-order valence-corrected chi connectivity index (χ0v) is 21.7. The van der Waals surface area contributed by atoms with Gasteiger partial charge in [-0.2, -0.15) is 4.57 Å². The van der Waals surface area contributed by atoms with Gasteiger partial charge in [-0.05, 0) is 53.7 Å². The standard InChI is InChI=1S/C30H33N2O3S/c1-30(2)20-22(8-7-13-28-31(14-16-33)24-9-3-5-11-26(24)35-28)18-23(21-30)19-29-32(15-17-34)25-10-4-6-12-27(25)36-29/h3-13,18-19,33-34H,14-17,20-21H2,1-2H3/q+1. The second-order valence-electron chi connectivity index (χ2n) is 10.0. The maximum absolute atomic E-state index is 9.66. The molecule has 2 aromatic carbocycles. The number of ether oxygens (including phenoxy) is 1. The lowest BCUT2D eigenvalue weighted by molar-refractivity contribution is -0.670. The number of thiazole rings is 1. The van der Waals surface area contributed by atoms with E-state index >= 15 is 0 Å². The first kappa shape index (κ1) is 24.5. The van der Waals surface area contributed by atoms with Crippen LogP contribution in [0.15, 0.2) is 89.9 Å². The van der Waals surface area contributed by atoms with Crippen molar-refractivity contribution in [2.75, 3.05) is 24.7 Å². The second kappa shape index (κ2) is 10.4. The van der Waals surface area contributed by atoms with Crippen molar-refractivity contribution >= 4 is 33.3 Å². The molecule has 0 atom stereocenters. The maximum Gasteiger partial charge on any atom is 0.263 e. The molecule has 36 heavy (non-hydrogen) atoms. The van der Waals surface area contributed by atoms with E-state index in [9.17, 15) is 10.2 Å². The molecule has 0 unspecified atom stereocenters. The highest BCUT2D eigenvalue weighted by Crippen LogP contribution is 2.40. The molecule has 5 nitrogen and oxygen atoms in total. The second-order valence-corrected chi connectivity index (χ2v) is 11.1. The van der Waals surface area contributed by atoms with E-state index in [1.807, 2.05) is 41.3 Å². The number of para-hydroxylation sites is 3. The minimum absolute atomic E-state index is 0.0558. The third kappa shape index (κ3) is 5.16. The molecule has 0 radical (unpaired) electrons. The Morgan fingerprint density at radius 2 is 1.86 bits per heavy atom. The minimum atomic E-state index is 0.0558. The van der Waals surface area contributed by atoms with Crippen LogP contribution in [0.4, 0.5) is 5.69 Å². The van der Waals surface area contributed by atoms with Crippen LogP contribution in [0.3, 0.4) is 0 Å². The molecule has 0 bridgehead atoms. The van der Waals surface area contributed by atoms with Crippen molar-refractivity contribution in [2.45, 2.75) is 33.2 Å². The monoisotopic (exact) mass is 501 g/mol. The highest BCUT2D eigenvalue weighted by atomic mass is 32.1. The van der Waals surface area contributed by atoms with Gasteiger partial charge >= 0.3 is 0 Å². The van der Waals surface area contributed by atoms with E-state index in [1.54, 1.807) is 11.3 Å². The summed E-state index contributed by atoms with van der Waals surface area (Å²) in [6.07, 6.45) is 12.8. The van der Waals surface area contributed by atoms with Gasteiger partial charge < -0.3 is 19.8 Å². The van der Waals surface area contributed by atoms with Crippen molar-refractivity contribution in [1.82, 2.24) is 0 Å². The number of anilines is 1. The molecule has 5 rings (SSSR count). The van der Waals surface area contributed by atoms with Gasteiger partial charge in [-0.25, -0.2) is 0 Å². The predicted molar refractivity (Wildman–Crippen MR) is 147 cm³/mol. The summed E-state index contributed by atoms with van der Waals surface area (Å²) >= 11 is 1.77. The van der Waals surface area contributed by atoms with Crippen molar-refractivity contribution < 1.29 is 19.5 Å². The third-order valence-corrected chi connectivity index (χ3v) is 7.63. The molecule has 2 heterocycles. The van der Waals surface area contributed by atoms with Gasteiger partial charge in [-0.3, -0.25) is 0 Å². The summed E-state index contributed by atoms with van der Waals surface area (Å²) in [6.45, 7) is 5.87. The molecule has 186 valence electrons. The molecule has 0 fully saturated rings. The number of benzene rings is 2. The number of aliphatic hydroxyl groups is 2. The highest BCUT2D eigenvalue weighted by Gasteiger charge is 2.27. The van der Waals surface area contributed by atoms with E-state index in [1.165, 1.54) is 21.4 Å². The van der Waals surface area contributed by atoms with Crippen LogP contribution in [0.5, 0.6) is 5.75 Å². The number of β-amino-alcohol motifs (C(OH)–C–C–N with tert-alkyl or cyclic N) is 1. The van der Waals surface area contributed by atoms with Gasteiger partial charge in [0, 0.05) is 18.7 Å². The van der Waals surface area contributed by atoms with Gasteiger partial charge in [0.2, 0.25) is 11.4 Å². The highest BCUT2D eigenvalue weighted by molar-refractivity contribution is 7.18. The molecule has 6 heteroatoms. The molecule has 0 spiro atoms. The molecule has 1 aliphatic heterocycles. The van der Waals surface area contributed by atoms with E-state index in [2.05, 4.69) is 60.9 Å². The zero-order valence-electron chi connectivity index (χ0n) is 20.9. The number of hydrogen-bond acceptors (Lipinski definition) is 5. The lowest BCUT2D eigenvalue weighted by Crippen LogP contribution is -2.36. The van der Waals surface area contributed by atoms with E-state index in [4.69, 9.17) is 4.74 Å². The first-order valence-electron chi connectivity index (χ1n) is 12.4. The number of fused-ring (bicyclic) bond motifs is 2. The normalized spacial score (nSPS) is 19.3. The van der Waals surface area contributed by atoms with Gasteiger partial charge in [-0.1, -0.05) is 67.7 Å². The van der Waals surface area contributed by atoms with Crippen LogP contribution in [0.25, 0.3) is 16.3 Å². The SMILES string of the molecule is CC1(C)CC(=Cc2sc3ccccc3[n+]2CCO)C=C(/C=C/C=C2/Oc3ccccc3N2CCO)C1. The fourth-order valence-corrected chi connectivity index (χ4v) is 6.28.